The fraction of sp³-hybridized carbons (Fsp3) is 0. The van der Waals surface area contributed by atoms with Gasteiger partial charge >= 0.3 is 0 Å². The fourth-order valence-corrected chi connectivity index (χ4v) is 4.58. The van der Waals surface area contributed by atoms with Gasteiger partial charge in [0.05, 0.1) is 32.3 Å². The predicted molar refractivity (Wildman–Crippen MR) is 149 cm³/mol. The van der Waals surface area contributed by atoms with E-state index in [9.17, 15) is 4.11 Å². The third kappa shape index (κ3) is 2.61. The number of hydrogen-bond donors (Lipinski definition) is 0. The van der Waals surface area contributed by atoms with Crippen molar-refractivity contribution in [2.75, 3.05) is 0 Å². The Hall–Kier alpha value is -4.82. The number of hydrogen-bond acceptors (Lipinski definition) is 2. The van der Waals surface area contributed by atoms with E-state index in [4.69, 9.17) is 32.1 Å². The minimum absolute atomic E-state index is 0.226. The molecule has 36 heavy (non-hydrogen) atoms. The third-order valence-electron chi connectivity index (χ3n) is 5.98. The Morgan fingerprint density at radius 1 is 0.500 bits per heavy atom. The zero-order chi connectivity index (χ0) is 41.0. The second-order valence-corrected chi connectivity index (χ2v) is 7.79. The van der Waals surface area contributed by atoms with E-state index in [0.717, 1.165) is 0 Å². The zero-order valence-corrected chi connectivity index (χ0v) is 17.8. The van der Waals surface area contributed by atoms with E-state index in [-0.39, 0.29) is 16.2 Å². The molecular weight excluding hydrogens is 440 g/mol. The van der Waals surface area contributed by atoms with Gasteiger partial charge in [-0.3, -0.25) is 0 Å². The maximum absolute atomic E-state index is 9.57. The van der Waals surface area contributed by atoms with Crippen molar-refractivity contribution in [1.82, 2.24) is 0 Å². The van der Waals surface area contributed by atoms with Gasteiger partial charge in [-0.1, -0.05) is 96.7 Å². The van der Waals surface area contributed by atoms with Crippen LogP contribution in [0.4, 0.5) is 0 Å². The van der Waals surface area contributed by atoms with Gasteiger partial charge in [-0.15, -0.1) is 0 Å². The van der Waals surface area contributed by atoms with Crippen LogP contribution < -0.4 is 0 Å². The molecule has 168 valence electrons. The minimum atomic E-state index is -0.867. The number of rotatable bonds is 2. The highest BCUT2D eigenvalue weighted by Gasteiger charge is 2.22. The molecule has 2 heterocycles. The van der Waals surface area contributed by atoms with Crippen molar-refractivity contribution < 1.29 is 36.2 Å². The first kappa shape index (κ1) is 8.39. The summed E-state index contributed by atoms with van der Waals surface area (Å²) in [4.78, 5) is 0. The van der Waals surface area contributed by atoms with Gasteiger partial charge in [0.2, 0.25) is 0 Å². The van der Waals surface area contributed by atoms with Gasteiger partial charge in [0.1, 0.15) is 18.1 Å². The first-order valence-electron chi connectivity index (χ1n) is 20.6. The standard InChI is InChI=1S/C34H20O2/c1-2-10-21(11-3-1)31-22-12-4-6-14-24(22)32(25-15-7-5-13-23(25)31)28-20-30-33(27-18-19-35-34(27)28)26-16-8-9-17-29(26)36-30/h1-20H/i1D,2D,3D,4D,5D,6D,7D,8D,9D,10D,11D,12D,13D,14D,15D,16D,17D,18D,19D,20D. The molecule has 2 aromatic heterocycles. The van der Waals surface area contributed by atoms with Crippen LogP contribution in [0.5, 0.6) is 0 Å². The van der Waals surface area contributed by atoms with Crippen LogP contribution in [0.3, 0.4) is 0 Å². The first-order valence-corrected chi connectivity index (χ1v) is 10.6. The van der Waals surface area contributed by atoms with Gasteiger partial charge in [0.25, 0.3) is 0 Å². The molecule has 0 saturated carbocycles. The molecule has 0 saturated heterocycles. The first-order chi connectivity index (χ1) is 26.2. The van der Waals surface area contributed by atoms with Crippen LogP contribution in [-0.4, -0.2) is 0 Å². The molecule has 0 spiro atoms. The van der Waals surface area contributed by atoms with Crippen LogP contribution in [0.2, 0.25) is 0 Å². The highest BCUT2D eigenvalue weighted by molar-refractivity contribution is 6.27. The molecular formula is C34H20O2. The lowest BCUT2D eigenvalue weighted by molar-refractivity contribution is 0.616. The molecule has 0 fully saturated rings. The molecule has 8 aromatic rings. The molecule has 0 unspecified atom stereocenters. The summed E-state index contributed by atoms with van der Waals surface area (Å²) < 4.78 is 186. The lowest BCUT2D eigenvalue weighted by Gasteiger charge is -2.17. The largest absolute Gasteiger partial charge is 0.464 e. The highest BCUT2D eigenvalue weighted by Crippen LogP contribution is 2.47. The molecule has 0 atom stereocenters. The van der Waals surface area contributed by atoms with Crippen molar-refractivity contribution in [2.45, 2.75) is 0 Å². The molecule has 0 aliphatic heterocycles. The maximum atomic E-state index is 9.57. The number of benzene rings is 6. The van der Waals surface area contributed by atoms with Crippen LogP contribution in [0, 0.1) is 0 Å². The SMILES string of the molecule is [2H]c1oc2c(-c3c4c([2H])c([2H])c([2H])c([2H])c4c(-c4c([2H])c([2H])c([2H])c([2H])c4[2H])c4c([2H])c([2H])c([2H])c([2H])c34)c([2H])c3oc4c([2H])c([2H])c([2H])c([2H])c4c3c2c1[2H]. The molecule has 2 heteroatoms. The van der Waals surface area contributed by atoms with Gasteiger partial charge in [0, 0.05) is 27.3 Å². The smallest absolute Gasteiger partial charge is 0.142 e. The van der Waals surface area contributed by atoms with E-state index in [1.165, 1.54) is 0 Å². The molecule has 0 amide bonds. The van der Waals surface area contributed by atoms with Gasteiger partial charge in [-0.05, 0) is 50.8 Å². The zero-order valence-electron chi connectivity index (χ0n) is 37.8. The topological polar surface area (TPSA) is 26.3 Å². The summed E-state index contributed by atoms with van der Waals surface area (Å²) in [6.07, 6.45) is -0.809. The van der Waals surface area contributed by atoms with Crippen molar-refractivity contribution in [3.8, 4) is 22.3 Å². The number of furan rings is 2. The predicted octanol–water partition coefficient (Wildman–Crippen LogP) is 9.97. The molecule has 0 aliphatic rings. The maximum Gasteiger partial charge on any atom is 0.142 e. The number of para-hydroxylation sites is 1. The lowest BCUT2D eigenvalue weighted by atomic mass is 9.85. The van der Waals surface area contributed by atoms with Crippen LogP contribution in [-0.2, 0) is 0 Å². The Bertz CT molecular complexity index is 3090. The van der Waals surface area contributed by atoms with E-state index < -0.39 is 182 Å². The fourth-order valence-electron chi connectivity index (χ4n) is 4.58. The van der Waals surface area contributed by atoms with Crippen molar-refractivity contribution in [3.63, 3.8) is 0 Å². The van der Waals surface area contributed by atoms with Crippen LogP contribution >= 0.6 is 0 Å². The van der Waals surface area contributed by atoms with Gasteiger partial charge in [0.15, 0.2) is 0 Å². The van der Waals surface area contributed by atoms with Crippen LogP contribution in [0.15, 0.2) is 130 Å². The quantitative estimate of drug-likeness (QED) is 0.230. The molecule has 0 bridgehead atoms. The second kappa shape index (κ2) is 7.34. The average molecular weight is 481 g/mol. The summed E-state index contributed by atoms with van der Waals surface area (Å²) >= 11 is 0. The van der Waals surface area contributed by atoms with E-state index in [1.54, 1.807) is 0 Å². The van der Waals surface area contributed by atoms with E-state index in [0.29, 0.717) is 0 Å². The Kier molecular flexibility index (Phi) is 1.71. The molecule has 2 nitrogen and oxygen atoms in total. The number of fused-ring (bicyclic) bond motifs is 7. The molecule has 0 N–H and O–H groups in total. The lowest BCUT2D eigenvalue weighted by Crippen LogP contribution is -1.91. The average Bonchev–Trinajstić information content (AvgIpc) is 3.71. The summed E-state index contributed by atoms with van der Waals surface area (Å²) in [5, 5.41) is -3.06. The summed E-state index contributed by atoms with van der Waals surface area (Å²) in [5.74, 6) is 0. The minimum Gasteiger partial charge on any atom is -0.464 e. The Labute approximate surface area is 235 Å². The summed E-state index contributed by atoms with van der Waals surface area (Å²) in [6.45, 7) is 0. The summed E-state index contributed by atoms with van der Waals surface area (Å²) in [5.41, 5.74) is -3.68. The van der Waals surface area contributed by atoms with E-state index in [2.05, 4.69) is 0 Å². The van der Waals surface area contributed by atoms with Crippen molar-refractivity contribution >= 4 is 54.5 Å². The van der Waals surface area contributed by atoms with E-state index >= 15 is 0 Å². The molecule has 6 aromatic carbocycles. The van der Waals surface area contributed by atoms with Gasteiger partial charge in [-0.2, -0.15) is 0 Å². The van der Waals surface area contributed by atoms with Crippen molar-refractivity contribution in [1.29, 1.82) is 0 Å². The molecule has 0 aliphatic carbocycles. The normalized spacial score (nSPS) is 19.7. The Balaban J connectivity index is 1.79. The highest BCUT2D eigenvalue weighted by atomic mass is 16.3. The summed E-state index contributed by atoms with van der Waals surface area (Å²) in [7, 11) is 0. The van der Waals surface area contributed by atoms with Crippen molar-refractivity contribution in [3.05, 3.63) is 121 Å². The summed E-state index contributed by atoms with van der Waals surface area (Å²) in [6, 6.07) is -15.1. The monoisotopic (exact) mass is 480 g/mol. The Morgan fingerprint density at radius 2 is 1.08 bits per heavy atom. The van der Waals surface area contributed by atoms with Crippen LogP contribution in [0.1, 0.15) is 27.4 Å². The molecule has 8 rings (SSSR count). The second-order valence-electron chi connectivity index (χ2n) is 7.79. The Morgan fingerprint density at radius 3 is 1.78 bits per heavy atom. The third-order valence-corrected chi connectivity index (χ3v) is 5.98. The molecule has 0 radical (unpaired) electrons. The van der Waals surface area contributed by atoms with Crippen molar-refractivity contribution in [2.24, 2.45) is 0 Å². The van der Waals surface area contributed by atoms with Crippen LogP contribution in [0.25, 0.3) is 76.7 Å². The van der Waals surface area contributed by atoms with Gasteiger partial charge < -0.3 is 8.83 Å². The van der Waals surface area contributed by atoms with E-state index in [1.807, 2.05) is 0 Å². The van der Waals surface area contributed by atoms with Gasteiger partial charge in [-0.25, -0.2) is 0 Å².